The summed E-state index contributed by atoms with van der Waals surface area (Å²) in [5.41, 5.74) is 1.20. The average molecular weight is 413 g/mol. The van der Waals surface area contributed by atoms with Crippen molar-refractivity contribution >= 4 is 39.0 Å². The second-order valence-electron chi connectivity index (χ2n) is 7.12. The highest BCUT2D eigenvalue weighted by Crippen LogP contribution is 2.31. The number of benzene rings is 1. The molecule has 7 nitrogen and oxygen atoms in total. The van der Waals surface area contributed by atoms with Gasteiger partial charge >= 0.3 is 5.97 Å². The number of nitrogens with zero attached hydrogens (tertiary/aromatic N) is 2. The highest BCUT2D eigenvalue weighted by Gasteiger charge is 2.23. The van der Waals surface area contributed by atoms with Gasteiger partial charge in [-0.1, -0.05) is 31.5 Å². The van der Waals surface area contributed by atoms with Crippen molar-refractivity contribution < 1.29 is 14.3 Å². The molecule has 0 fully saturated rings. The molecule has 0 aliphatic carbocycles. The number of hydrogen-bond donors (Lipinski definition) is 1. The van der Waals surface area contributed by atoms with Crippen LogP contribution in [0.1, 0.15) is 43.2 Å². The molecule has 29 heavy (non-hydrogen) atoms. The van der Waals surface area contributed by atoms with Crippen molar-refractivity contribution in [3.63, 3.8) is 0 Å². The van der Waals surface area contributed by atoms with Crippen LogP contribution in [0, 0.1) is 12.8 Å². The Balaban J connectivity index is 2.21. The van der Waals surface area contributed by atoms with Crippen molar-refractivity contribution in [1.82, 2.24) is 9.78 Å². The van der Waals surface area contributed by atoms with Gasteiger partial charge in [-0.25, -0.2) is 4.79 Å². The topological polar surface area (TPSA) is 90.3 Å². The number of ether oxygens (including phenoxy) is 1. The Bertz CT molecular complexity index is 1110. The van der Waals surface area contributed by atoms with Gasteiger partial charge in [0.25, 0.3) is 5.56 Å². The summed E-state index contributed by atoms with van der Waals surface area (Å²) in [6.45, 7) is 7.72. The Labute approximate surface area is 172 Å². The lowest BCUT2D eigenvalue weighted by Crippen LogP contribution is -2.25. The molecule has 0 spiro atoms. The minimum absolute atomic E-state index is 0.0441. The summed E-state index contributed by atoms with van der Waals surface area (Å²) < 4.78 is 6.31. The Hall–Kier alpha value is -3.00. The van der Waals surface area contributed by atoms with E-state index in [-0.39, 0.29) is 29.5 Å². The van der Waals surface area contributed by atoms with Crippen molar-refractivity contribution in [3.8, 4) is 5.69 Å². The summed E-state index contributed by atoms with van der Waals surface area (Å²) in [5.74, 6) is -0.613. The lowest BCUT2D eigenvalue weighted by atomic mass is 10.1. The van der Waals surface area contributed by atoms with Gasteiger partial charge < -0.3 is 10.1 Å². The third-order valence-corrected chi connectivity index (χ3v) is 5.14. The number of amides is 1. The normalized spacial score (nSPS) is 11.1. The molecule has 2 aromatic heterocycles. The first-order valence-electron chi connectivity index (χ1n) is 9.40. The van der Waals surface area contributed by atoms with E-state index in [1.165, 1.54) is 16.0 Å². The highest BCUT2D eigenvalue weighted by molar-refractivity contribution is 7.16. The quantitative estimate of drug-likeness (QED) is 0.619. The molecule has 3 aromatic rings. The Morgan fingerprint density at radius 1 is 1.24 bits per heavy atom. The van der Waals surface area contributed by atoms with Gasteiger partial charge in [0.05, 0.1) is 17.7 Å². The van der Waals surface area contributed by atoms with Crippen LogP contribution in [0.3, 0.4) is 0 Å². The summed E-state index contributed by atoms with van der Waals surface area (Å²) in [6, 6.07) is 7.23. The van der Waals surface area contributed by atoms with E-state index in [4.69, 9.17) is 4.74 Å². The molecule has 0 radical (unpaired) electrons. The van der Waals surface area contributed by atoms with Gasteiger partial charge in [-0.15, -0.1) is 11.3 Å². The number of aromatic nitrogens is 2. The van der Waals surface area contributed by atoms with Gasteiger partial charge in [-0.2, -0.15) is 9.78 Å². The zero-order valence-corrected chi connectivity index (χ0v) is 17.6. The molecule has 0 aliphatic rings. The number of carbonyl (C=O) groups excluding carboxylic acids is 2. The molecule has 0 unspecified atom stereocenters. The van der Waals surface area contributed by atoms with Crippen molar-refractivity contribution in [2.75, 3.05) is 11.9 Å². The van der Waals surface area contributed by atoms with Crippen molar-refractivity contribution in [2.45, 2.75) is 34.1 Å². The number of nitrogens with one attached hydrogen (secondary N) is 1. The predicted molar refractivity (Wildman–Crippen MR) is 114 cm³/mol. The summed E-state index contributed by atoms with van der Waals surface area (Å²) in [5, 5.41) is 9.78. The number of fused-ring (bicyclic) bond motifs is 1. The first kappa shape index (κ1) is 20.7. The molecule has 0 saturated heterocycles. The van der Waals surface area contributed by atoms with Crippen LogP contribution < -0.4 is 10.9 Å². The van der Waals surface area contributed by atoms with Gasteiger partial charge in [-0.3, -0.25) is 9.59 Å². The Kier molecular flexibility index (Phi) is 6.12. The van der Waals surface area contributed by atoms with Gasteiger partial charge in [0, 0.05) is 17.2 Å². The van der Waals surface area contributed by atoms with Crippen LogP contribution in [-0.2, 0) is 9.53 Å². The molecule has 0 aliphatic heterocycles. The molecule has 1 aromatic carbocycles. The lowest BCUT2D eigenvalue weighted by molar-refractivity contribution is -0.116. The van der Waals surface area contributed by atoms with Crippen LogP contribution in [0.25, 0.3) is 16.5 Å². The maximum absolute atomic E-state index is 13.2. The van der Waals surface area contributed by atoms with Gasteiger partial charge in [0.1, 0.15) is 5.00 Å². The lowest BCUT2D eigenvalue weighted by Gasteiger charge is -2.10. The summed E-state index contributed by atoms with van der Waals surface area (Å²) in [7, 11) is 0. The summed E-state index contributed by atoms with van der Waals surface area (Å²) in [4.78, 5) is 38.0. The van der Waals surface area contributed by atoms with Crippen LogP contribution in [0.15, 0.2) is 34.4 Å². The molecule has 152 valence electrons. The zero-order chi connectivity index (χ0) is 21.1. The van der Waals surface area contributed by atoms with E-state index in [2.05, 4.69) is 10.4 Å². The predicted octanol–water partition coefficient (Wildman–Crippen LogP) is 3.92. The van der Waals surface area contributed by atoms with Crippen LogP contribution >= 0.6 is 11.3 Å². The molecule has 0 saturated carbocycles. The van der Waals surface area contributed by atoms with Crippen LogP contribution in [0.4, 0.5) is 5.00 Å². The first-order chi connectivity index (χ1) is 13.8. The van der Waals surface area contributed by atoms with Crippen LogP contribution in [0.2, 0.25) is 0 Å². The minimum Gasteiger partial charge on any atom is -0.461 e. The van der Waals surface area contributed by atoms with E-state index in [1.807, 2.05) is 32.9 Å². The molecule has 8 heteroatoms. The van der Waals surface area contributed by atoms with Gasteiger partial charge in [0.2, 0.25) is 5.91 Å². The zero-order valence-electron chi connectivity index (χ0n) is 16.8. The van der Waals surface area contributed by atoms with Crippen molar-refractivity contribution in [3.05, 3.63) is 51.3 Å². The molecular formula is C21H23N3O4S. The van der Waals surface area contributed by atoms with E-state index >= 15 is 0 Å². The number of esters is 1. The fourth-order valence-electron chi connectivity index (χ4n) is 2.90. The fraction of sp³-hybridized carbons (Fsp3) is 0.333. The number of aryl methyl sites for hydroxylation is 1. The van der Waals surface area contributed by atoms with E-state index in [0.29, 0.717) is 22.5 Å². The van der Waals surface area contributed by atoms with Gasteiger partial charge in [0.15, 0.2) is 5.69 Å². The molecular weight excluding hydrogens is 390 g/mol. The third kappa shape index (κ3) is 4.37. The monoisotopic (exact) mass is 413 g/mol. The molecule has 3 rings (SSSR count). The number of thiophene rings is 1. The van der Waals surface area contributed by atoms with Crippen molar-refractivity contribution in [2.24, 2.45) is 5.92 Å². The fourth-order valence-corrected chi connectivity index (χ4v) is 3.85. The standard InChI is InChI=1S/C21H23N3O4S/c1-5-28-21(27)18-15-11-29-19(22-16(25)10-12(2)3)17(15)20(26)24(23-18)14-8-6-13(4)7-9-14/h6-9,11-12H,5,10H2,1-4H3,(H,22,25). The maximum atomic E-state index is 13.2. The SMILES string of the molecule is CCOC(=O)c1nn(-c2ccc(C)cc2)c(=O)c2c(NC(=O)CC(C)C)scc12. The Morgan fingerprint density at radius 2 is 1.93 bits per heavy atom. The highest BCUT2D eigenvalue weighted by atomic mass is 32.1. The smallest absolute Gasteiger partial charge is 0.359 e. The van der Waals surface area contributed by atoms with E-state index < -0.39 is 11.5 Å². The number of rotatable bonds is 6. The molecule has 1 N–H and O–H groups in total. The van der Waals surface area contributed by atoms with Crippen molar-refractivity contribution in [1.29, 1.82) is 0 Å². The number of hydrogen-bond acceptors (Lipinski definition) is 6. The molecule has 0 bridgehead atoms. The number of carbonyl (C=O) groups is 2. The minimum atomic E-state index is -0.615. The van der Waals surface area contributed by atoms with E-state index in [9.17, 15) is 14.4 Å². The molecule has 0 atom stereocenters. The Morgan fingerprint density at radius 3 is 2.55 bits per heavy atom. The first-order valence-corrected chi connectivity index (χ1v) is 10.3. The van der Waals surface area contributed by atoms with E-state index in [0.717, 1.165) is 5.56 Å². The molecule has 2 heterocycles. The number of anilines is 1. The summed E-state index contributed by atoms with van der Waals surface area (Å²) in [6.07, 6.45) is 0.335. The van der Waals surface area contributed by atoms with Crippen LogP contribution in [0.5, 0.6) is 0 Å². The largest absolute Gasteiger partial charge is 0.461 e. The van der Waals surface area contributed by atoms with E-state index in [1.54, 1.807) is 24.4 Å². The third-order valence-electron chi connectivity index (χ3n) is 4.25. The average Bonchev–Trinajstić information content (AvgIpc) is 3.06. The second-order valence-corrected chi connectivity index (χ2v) is 8.00. The van der Waals surface area contributed by atoms with Gasteiger partial charge in [-0.05, 0) is 31.9 Å². The summed E-state index contributed by atoms with van der Waals surface area (Å²) >= 11 is 1.20. The maximum Gasteiger partial charge on any atom is 0.359 e. The second kappa shape index (κ2) is 8.57. The molecule has 1 amide bonds. The van der Waals surface area contributed by atoms with Crippen LogP contribution in [-0.4, -0.2) is 28.3 Å².